The summed E-state index contributed by atoms with van der Waals surface area (Å²) in [5.41, 5.74) is 1.88. The van der Waals surface area contributed by atoms with Crippen molar-refractivity contribution in [3.8, 4) is 0 Å². The fourth-order valence-corrected chi connectivity index (χ4v) is 3.17. The molecule has 1 saturated heterocycles. The Hall–Kier alpha value is -1.88. The van der Waals surface area contributed by atoms with Gasteiger partial charge in [-0.25, -0.2) is 0 Å². The molecule has 2 N–H and O–H groups in total. The van der Waals surface area contributed by atoms with Crippen LogP contribution in [0, 0.1) is 0 Å². The van der Waals surface area contributed by atoms with E-state index in [0.29, 0.717) is 18.7 Å². The number of carbonyl (C=O) groups is 2. The Morgan fingerprint density at radius 3 is 2.67 bits per heavy atom. The number of nitrogens with zero attached hydrogens (tertiary/aromatic N) is 1. The van der Waals surface area contributed by atoms with Gasteiger partial charge in [-0.2, -0.15) is 0 Å². The van der Waals surface area contributed by atoms with Crippen LogP contribution in [0.3, 0.4) is 0 Å². The molecule has 132 valence electrons. The normalized spacial score (nSPS) is 17.6. The van der Waals surface area contributed by atoms with Crippen molar-refractivity contribution >= 4 is 17.5 Å². The fraction of sp³-hybridized carbons (Fsp3) is 0.579. The second-order valence-corrected chi connectivity index (χ2v) is 6.42. The lowest BCUT2D eigenvalue weighted by molar-refractivity contribution is -0.146. The number of benzene rings is 1. The van der Waals surface area contributed by atoms with Crippen molar-refractivity contribution in [2.75, 3.05) is 18.5 Å². The van der Waals surface area contributed by atoms with Crippen LogP contribution in [-0.2, 0) is 16.0 Å². The summed E-state index contributed by atoms with van der Waals surface area (Å²) in [4.78, 5) is 26.3. The summed E-state index contributed by atoms with van der Waals surface area (Å²) in [6.07, 6.45) is 6.66. The van der Waals surface area contributed by atoms with Crippen LogP contribution in [0.1, 0.15) is 51.0 Å². The first-order valence-electron chi connectivity index (χ1n) is 8.97. The number of nitrogens with one attached hydrogen (secondary N) is 1. The van der Waals surface area contributed by atoms with E-state index in [2.05, 4.69) is 12.2 Å². The Kier molecular flexibility index (Phi) is 7.25. The summed E-state index contributed by atoms with van der Waals surface area (Å²) in [7, 11) is 0. The number of rotatable bonds is 6. The van der Waals surface area contributed by atoms with Gasteiger partial charge in [0.2, 0.25) is 0 Å². The summed E-state index contributed by atoms with van der Waals surface area (Å²) in [6, 6.07) is 7.64. The van der Waals surface area contributed by atoms with Gasteiger partial charge in [0, 0.05) is 24.9 Å². The van der Waals surface area contributed by atoms with E-state index in [-0.39, 0.29) is 12.6 Å². The summed E-state index contributed by atoms with van der Waals surface area (Å²) in [5, 5.41) is 11.8. The first-order chi connectivity index (χ1) is 11.7. The highest BCUT2D eigenvalue weighted by atomic mass is 16.3. The number of likely N-dealkylation sites (tertiary alicyclic amines) is 1. The Bertz CT molecular complexity index is 540. The van der Waals surface area contributed by atoms with E-state index in [1.807, 2.05) is 24.3 Å². The second-order valence-electron chi connectivity index (χ2n) is 6.42. The van der Waals surface area contributed by atoms with Crippen LogP contribution in [0.15, 0.2) is 24.3 Å². The average molecular weight is 332 g/mol. The molecule has 0 aliphatic carbocycles. The molecule has 0 spiro atoms. The molecule has 2 rings (SSSR count). The number of carbonyl (C=O) groups excluding carboxylic acids is 2. The number of aliphatic hydroxyl groups is 1. The third kappa shape index (κ3) is 5.06. The monoisotopic (exact) mass is 332 g/mol. The van der Waals surface area contributed by atoms with Crippen LogP contribution >= 0.6 is 0 Å². The van der Waals surface area contributed by atoms with E-state index < -0.39 is 11.8 Å². The third-order valence-electron chi connectivity index (χ3n) is 4.58. The maximum atomic E-state index is 12.4. The van der Waals surface area contributed by atoms with Gasteiger partial charge in [0.25, 0.3) is 0 Å². The minimum atomic E-state index is -0.596. The average Bonchev–Trinajstić information content (AvgIpc) is 2.61. The first-order valence-corrected chi connectivity index (χ1v) is 8.97. The molecule has 1 aliphatic rings. The number of unbranched alkanes of at least 4 members (excludes halogenated alkanes) is 1. The van der Waals surface area contributed by atoms with E-state index in [9.17, 15) is 9.59 Å². The van der Waals surface area contributed by atoms with E-state index in [0.717, 1.165) is 38.5 Å². The molecule has 1 heterocycles. The molecule has 1 aromatic rings. The van der Waals surface area contributed by atoms with Crippen LogP contribution < -0.4 is 5.32 Å². The van der Waals surface area contributed by atoms with Crippen molar-refractivity contribution in [2.24, 2.45) is 0 Å². The maximum Gasteiger partial charge on any atom is 0.313 e. The van der Waals surface area contributed by atoms with Gasteiger partial charge in [-0.05, 0) is 56.2 Å². The topological polar surface area (TPSA) is 69.6 Å². The molecule has 0 aromatic heterocycles. The lowest BCUT2D eigenvalue weighted by Gasteiger charge is -2.35. The van der Waals surface area contributed by atoms with Crippen molar-refractivity contribution in [3.05, 3.63) is 29.8 Å². The highest BCUT2D eigenvalue weighted by molar-refractivity contribution is 6.39. The maximum absolute atomic E-state index is 12.4. The van der Waals surface area contributed by atoms with Gasteiger partial charge in [0.05, 0.1) is 0 Å². The van der Waals surface area contributed by atoms with Gasteiger partial charge in [0.1, 0.15) is 0 Å². The lowest BCUT2D eigenvalue weighted by atomic mass is 9.99. The molecule has 1 aromatic carbocycles. The molecule has 24 heavy (non-hydrogen) atoms. The SMILES string of the molecule is CCCCc1ccc(NC(=O)C(=O)N2CCCCC2CCO)cc1. The molecule has 5 heteroatoms. The predicted octanol–water partition coefficient (Wildman–Crippen LogP) is 2.73. The molecule has 1 atom stereocenters. The number of hydrogen-bond acceptors (Lipinski definition) is 3. The van der Waals surface area contributed by atoms with E-state index in [4.69, 9.17) is 5.11 Å². The molecule has 2 amide bonds. The minimum Gasteiger partial charge on any atom is -0.396 e. The van der Waals surface area contributed by atoms with E-state index >= 15 is 0 Å². The van der Waals surface area contributed by atoms with Crippen molar-refractivity contribution in [1.82, 2.24) is 4.90 Å². The Morgan fingerprint density at radius 1 is 1.25 bits per heavy atom. The van der Waals surface area contributed by atoms with Gasteiger partial charge < -0.3 is 15.3 Å². The van der Waals surface area contributed by atoms with Gasteiger partial charge in [0.15, 0.2) is 0 Å². The van der Waals surface area contributed by atoms with Crippen LogP contribution in [0.5, 0.6) is 0 Å². The van der Waals surface area contributed by atoms with Crippen LogP contribution in [0.25, 0.3) is 0 Å². The van der Waals surface area contributed by atoms with Gasteiger partial charge >= 0.3 is 11.8 Å². The molecule has 5 nitrogen and oxygen atoms in total. The highest BCUT2D eigenvalue weighted by Gasteiger charge is 2.30. The molecule has 1 unspecified atom stereocenters. The number of aliphatic hydroxyl groups excluding tert-OH is 1. The zero-order valence-electron chi connectivity index (χ0n) is 14.5. The number of hydrogen-bond donors (Lipinski definition) is 2. The Labute approximate surface area is 144 Å². The van der Waals surface area contributed by atoms with Crippen molar-refractivity contribution in [1.29, 1.82) is 0 Å². The van der Waals surface area contributed by atoms with Crippen molar-refractivity contribution in [3.63, 3.8) is 0 Å². The van der Waals surface area contributed by atoms with E-state index in [1.165, 1.54) is 5.56 Å². The largest absolute Gasteiger partial charge is 0.396 e. The van der Waals surface area contributed by atoms with E-state index in [1.54, 1.807) is 4.90 Å². The van der Waals surface area contributed by atoms with Crippen molar-refractivity contribution in [2.45, 2.75) is 57.9 Å². The Morgan fingerprint density at radius 2 is 2.00 bits per heavy atom. The number of aryl methyl sites for hydroxylation is 1. The zero-order chi connectivity index (χ0) is 17.4. The third-order valence-corrected chi connectivity index (χ3v) is 4.58. The molecule has 1 aliphatic heterocycles. The minimum absolute atomic E-state index is 0.0292. The van der Waals surface area contributed by atoms with Crippen LogP contribution in [0.4, 0.5) is 5.69 Å². The molecule has 0 radical (unpaired) electrons. The molecule has 0 bridgehead atoms. The molecule has 0 saturated carbocycles. The number of anilines is 1. The zero-order valence-corrected chi connectivity index (χ0v) is 14.5. The van der Waals surface area contributed by atoms with Gasteiger partial charge in [-0.3, -0.25) is 9.59 Å². The highest BCUT2D eigenvalue weighted by Crippen LogP contribution is 2.20. The smallest absolute Gasteiger partial charge is 0.313 e. The summed E-state index contributed by atoms with van der Waals surface area (Å²) < 4.78 is 0. The fourth-order valence-electron chi connectivity index (χ4n) is 3.17. The van der Waals surface area contributed by atoms with Gasteiger partial charge in [-0.15, -0.1) is 0 Å². The van der Waals surface area contributed by atoms with Crippen LogP contribution in [-0.4, -0.2) is 41.0 Å². The quantitative estimate of drug-likeness (QED) is 0.787. The molecular formula is C19H28N2O3. The lowest BCUT2D eigenvalue weighted by Crippen LogP contribution is -2.48. The number of piperidine rings is 1. The second kappa shape index (κ2) is 9.42. The molecule has 1 fully saturated rings. The summed E-state index contributed by atoms with van der Waals surface area (Å²) >= 11 is 0. The Balaban J connectivity index is 1.94. The first kappa shape index (κ1) is 18.5. The predicted molar refractivity (Wildman–Crippen MR) is 94.7 cm³/mol. The number of amides is 2. The summed E-state index contributed by atoms with van der Waals surface area (Å²) in [5.74, 6) is -1.09. The van der Waals surface area contributed by atoms with Gasteiger partial charge in [-0.1, -0.05) is 25.5 Å². The summed E-state index contributed by atoms with van der Waals surface area (Å²) in [6.45, 7) is 2.78. The standard InChI is InChI=1S/C19H28N2O3/c1-2-3-6-15-8-10-16(11-9-15)20-18(23)19(24)21-13-5-4-7-17(21)12-14-22/h8-11,17,22H,2-7,12-14H2,1H3,(H,20,23). The van der Waals surface area contributed by atoms with Crippen LogP contribution in [0.2, 0.25) is 0 Å². The van der Waals surface area contributed by atoms with Crippen molar-refractivity contribution < 1.29 is 14.7 Å². The molecular weight excluding hydrogens is 304 g/mol.